The Morgan fingerprint density at radius 3 is 2.10 bits per heavy atom. The fraction of sp³-hybridized carbons (Fsp3) is 0.600. The molecule has 11 heteroatoms. The van der Waals surface area contributed by atoms with E-state index >= 15 is 0 Å². The SMILES string of the molecule is CCC(F)=CCC(NC(=O)C(Cl)(Cl)Cl)C(Cl)(Cl)C(=O)NCl. The van der Waals surface area contributed by atoms with Gasteiger partial charge in [-0.15, -0.1) is 0 Å². The van der Waals surface area contributed by atoms with E-state index in [1.54, 1.807) is 11.8 Å². The summed E-state index contributed by atoms with van der Waals surface area (Å²) in [5, 5.41) is 2.16. The molecule has 2 amide bonds. The first kappa shape index (κ1) is 21.4. The summed E-state index contributed by atoms with van der Waals surface area (Å²) in [6.07, 6.45) is 0.998. The van der Waals surface area contributed by atoms with E-state index in [2.05, 4.69) is 5.32 Å². The topological polar surface area (TPSA) is 58.2 Å². The lowest BCUT2D eigenvalue weighted by Gasteiger charge is -2.29. The van der Waals surface area contributed by atoms with Crippen molar-refractivity contribution in [1.82, 2.24) is 10.2 Å². The molecule has 0 rings (SSSR count). The van der Waals surface area contributed by atoms with Crippen molar-refractivity contribution in [2.45, 2.75) is 33.9 Å². The van der Waals surface area contributed by atoms with E-state index in [9.17, 15) is 14.0 Å². The molecule has 21 heavy (non-hydrogen) atoms. The number of amides is 2. The van der Waals surface area contributed by atoms with Crippen molar-refractivity contribution >= 4 is 81.6 Å². The van der Waals surface area contributed by atoms with E-state index in [-0.39, 0.29) is 12.8 Å². The minimum Gasteiger partial charge on any atom is -0.346 e. The molecule has 0 aliphatic rings. The first-order valence-electron chi connectivity index (χ1n) is 5.47. The molecule has 0 bridgehead atoms. The van der Waals surface area contributed by atoms with Gasteiger partial charge in [-0.1, -0.05) is 71.0 Å². The average molecular weight is 423 g/mol. The lowest BCUT2D eigenvalue weighted by molar-refractivity contribution is -0.122. The zero-order chi connectivity index (χ0) is 16.8. The highest BCUT2D eigenvalue weighted by atomic mass is 35.6. The van der Waals surface area contributed by atoms with Crippen molar-refractivity contribution in [2.24, 2.45) is 0 Å². The van der Waals surface area contributed by atoms with Gasteiger partial charge in [-0.3, -0.25) is 14.4 Å². The van der Waals surface area contributed by atoms with Crippen LogP contribution in [0, 0.1) is 0 Å². The van der Waals surface area contributed by atoms with Crippen LogP contribution in [-0.4, -0.2) is 26.0 Å². The number of rotatable bonds is 6. The fourth-order valence-electron chi connectivity index (χ4n) is 1.15. The molecule has 122 valence electrons. The number of halogens is 7. The van der Waals surface area contributed by atoms with E-state index in [4.69, 9.17) is 69.8 Å². The highest BCUT2D eigenvalue weighted by molar-refractivity contribution is 6.76. The van der Waals surface area contributed by atoms with E-state index in [1.165, 1.54) is 0 Å². The summed E-state index contributed by atoms with van der Waals surface area (Å²) < 4.78 is 8.70. The third-order valence-electron chi connectivity index (χ3n) is 2.30. The number of nitrogens with one attached hydrogen (secondary N) is 2. The summed E-state index contributed by atoms with van der Waals surface area (Å²) in [6.45, 7) is 1.57. The normalized spacial score (nSPS) is 14.6. The summed E-state index contributed by atoms with van der Waals surface area (Å²) in [5.41, 5.74) is 0. The number of hydrogen-bond donors (Lipinski definition) is 2. The third kappa shape index (κ3) is 6.97. The van der Waals surface area contributed by atoms with Gasteiger partial charge in [0, 0.05) is 11.8 Å². The Labute approximate surface area is 151 Å². The largest absolute Gasteiger partial charge is 0.346 e. The highest BCUT2D eigenvalue weighted by Crippen LogP contribution is 2.32. The van der Waals surface area contributed by atoms with E-state index in [1.807, 2.05) is 0 Å². The van der Waals surface area contributed by atoms with Crippen LogP contribution in [0.3, 0.4) is 0 Å². The molecule has 1 atom stereocenters. The molecule has 0 aromatic rings. The molecular weight excluding hydrogens is 412 g/mol. The van der Waals surface area contributed by atoms with Crippen LogP contribution in [-0.2, 0) is 9.59 Å². The average Bonchev–Trinajstić information content (AvgIpc) is 2.40. The number of carbonyl (C=O) groups excluding carboxylic acids is 2. The fourth-order valence-corrected chi connectivity index (χ4v) is 1.94. The maximum Gasteiger partial charge on any atom is 0.272 e. The summed E-state index contributed by atoms with van der Waals surface area (Å²) in [4.78, 5) is 24.9. The molecule has 0 aliphatic carbocycles. The minimum atomic E-state index is -2.30. The molecule has 1 unspecified atom stereocenters. The smallest absolute Gasteiger partial charge is 0.272 e. The van der Waals surface area contributed by atoms with Gasteiger partial charge in [0.25, 0.3) is 15.6 Å². The summed E-state index contributed by atoms with van der Waals surface area (Å²) >= 11 is 33.0. The predicted octanol–water partition coefficient (Wildman–Crippen LogP) is 3.94. The van der Waals surface area contributed by atoms with Crippen LogP contribution in [0.5, 0.6) is 0 Å². The van der Waals surface area contributed by atoms with Crippen molar-refractivity contribution in [2.75, 3.05) is 0 Å². The maximum atomic E-state index is 13.2. The van der Waals surface area contributed by atoms with Gasteiger partial charge in [0.1, 0.15) is 0 Å². The van der Waals surface area contributed by atoms with Crippen LogP contribution in [0.2, 0.25) is 0 Å². The van der Waals surface area contributed by atoms with Gasteiger partial charge >= 0.3 is 0 Å². The Kier molecular flexibility index (Phi) is 8.99. The Morgan fingerprint density at radius 2 is 1.71 bits per heavy atom. The van der Waals surface area contributed by atoms with E-state index in [0.29, 0.717) is 0 Å². The molecule has 0 aromatic carbocycles. The van der Waals surface area contributed by atoms with Gasteiger partial charge in [0.2, 0.25) is 4.33 Å². The van der Waals surface area contributed by atoms with Crippen LogP contribution in [0.15, 0.2) is 11.9 Å². The molecule has 0 heterocycles. The van der Waals surface area contributed by atoms with Crippen LogP contribution in [0.4, 0.5) is 4.39 Å². The van der Waals surface area contributed by atoms with Gasteiger partial charge in [-0.2, -0.15) is 0 Å². The molecule has 0 aliphatic heterocycles. The van der Waals surface area contributed by atoms with Crippen LogP contribution < -0.4 is 10.2 Å². The number of allylic oxidation sites excluding steroid dienone is 1. The Balaban J connectivity index is 5.29. The number of carbonyl (C=O) groups is 2. The molecule has 0 saturated heterocycles. The molecule has 0 radical (unpaired) electrons. The lowest BCUT2D eigenvalue weighted by atomic mass is 10.1. The summed E-state index contributed by atoms with van der Waals surface area (Å²) in [5.74, 6) is -2.58. The van der Waals surface area contributed by atoms with Crippen molar-refractivity contribution < 1.29 is 14.0 Å². The van der Waals surface area contributed by atoms with Crippen molar-refractivity contribution in [3.05, 3.63) is 11.9 Å². The zero-order valence-corrected chi connectivity index (χ0v) is 15.1. The molecule has 0 aromatic heterocycles. The third-order valence-corrected chi connectivity index (χ3v) is 3.86. The van der Waals surface area contributed by atoms with Gasteiger partial charge in [-0.05, 0) is 12.8 Å². The number of alkyl halides is 5. The Hall–Kier alpha value is 0.350. The highest BCUT2D eigenvalue weighted by Gasteiger charge is 2.45. The molecule has 0 fully saturated rings. The molecule has 0 spiro atoms. The first-order chi connectivity index (χ1) is 9.46. The molecule has 0 saturated carbocycles. The first-order valence-corrected chi connectivity index (χ1v) is 7.74. The van der Waals surface area contributed by atoms with Gasteiger partial charge < -0.3 is 5.32 Å². The van der Waals surface area contributed by atoms with Crippen LogP contribution >= 0.6 is 69.8 Å². The van der Waals surface area contributed by atoms with Crippen molar-refractivity contribution in [3.8, 4) is 0 Å². The molecular formula is C10H11Cl6FN2O2. The van der Waals surface area contributed by atoms with Crippen LogP contribution in [0.25, 0.3) is 0 Å². The Bertz CT molecular complexity index is 424. The van der Waals surface area contributed by atoms with Crippen molar-refractivity contribution in [1.29, 1.82) is 0 Å². The predicted molar refractivity (Wildman–Crippen MR) is 84.8 cm³/mol. The number of hydrogen-bond acceptors (Lipinski definition) is 2. The quantitative estimate of drug-likeness (QED) is 0.503. The maximum absolute atomic E-state index is 13.2. The second-order valence-electron chi connectivity index (χ2n) is 3.81. The van der Waals surface area contributed by atoms with Crippen molar-refractivity contribution in [3.63, 3.8) is 0 Å². The zero-order valence-electron chi connectivity index (χ0n) is 10.5. The standard InChI is InChI=1S/C10H11Cl6FN2O2/c1-2-5(17)3-4-6(9(11,12)7(20)19-16)18-8(21)10(13,14)15/h3,6H,2,4H2,1H3,(H,18,21)(H,19,20). The van der Waals surface area contributed by atoms with Crippen LogP contribution in [0.1, 0.15) is 19.8 Å². The second kappa shape index (κ2) is 8.85. The van der Waals surface area contributed by atoms with Gasteiger partial charge in [-0.25, -0.2) is 4.39 Å². The van der Waals surface area contributed by atoms with Gasteiger partial charge in [0.15, 0.2) is 0 Å². The van der Waals surface area contributed by atoms with Gasteiger partial charge in [0.05, 0.1) is 11.9 Å². The lowest BCUT2D eigenvalue weighted by Crippen LogP contribution is -2.54. The minimum absolute atomic E-state index is 0.115. The Morgan fingerprint density at radius 1 is 1.19 bits per heavy atom. The van der Waals surface area contributed by atoms with E-state index < -0.39 is 31.8 Å². The van der Waals surface area contributed by atoms with E-state index in [0.717, 1.165) is 6.08 Å². The monoisotopic (exact) mass is 420 g/mol. The second-order valence-corrected chi connectivity index (χ2v) is 7.67. The summed E-state index contributed by atoms with van der Waals surface area (Å²) in [7, 11) is 0. The molecule has 4 nitrogen and oxygen atoms in total. The molecule has 2 N–H and O–H groups in total. The summed E-state index contributed by atoms with van der Waals surface area (Å²) in [6, 6.07) is -1.28.